The van der Waals surface area contributed by atoms with Gasteiger partial charge < -0.3 is 9.64 Å². The molecule has 10 heteroatoms. The molecule has 2 unspecified atom stereocenters. The molecule has 0 radical (unpaired) electrons. The van der Waals surface area contributed by atoms with E-state index in [1.165, 1.54) is 24.3 Å². The Morgan fingerprint density at radius 1 is 1.16 bits per heavy atom. The lowest BCUT2D eigenvalue weighted by atomic mass is 10.1. The number of hydrogen-bond donors (Lipinski definition) is 0. The van der Waals surface area contributed by atoms with Crippen LogP contribution in [0.15, 0.2) is 36.4 Å². The van der Waals surface area contributed by atoms with Crippen LogP contribution in [0.5, 0.6) is 5.75 Å². The van der Waals surface area contributed by atoms with Gasteiger partial charge in [0.2, 0.25) is 0 Å². The molecule has 2 atom stereocenters. The normalized spacial score (nSPS) is 19.3. The van der Waals surface area contributed by atoms with Crippen LogP contribution in [0.2, 0.25) is 0 Å². The first-order chi connectivity index (χ1) is 14.7. The number of halogens is 3. The van der Waals surface area contributed by atoms with Crippen molar-refractivity contribution in [2.75, 3.05) is 19.7 Å². The molecule has 166 valence electrons. The number of rotatable bonds is 6. The lowest BCUT2D eigenvalue weighted by molar-refractivity contribution is -0.385. The van der Waals surface area contributed by atoms with Gasteiger partial charge in [0.25, 0.3) is 11.6 Å². The molecule has 1 saturated heterocycles. The maximum Gasteiger partial charge on any atom is 0.271 e. The zero-order valence-electron chi connectivity index (χ0n) is 17.1. The summed E-state index contributed by atoms with van der Waals surface area (Å²) in [5, 5.41) is 11.0. The molecule has 0 saturated carbocycles. The van der Waals surface area contributed by atoms with E-state index in [-0.39, 0.29) is 36.1 Å². The first kappa shape index (κ1) is 24.1. The van der Waals surface area contributed by atoms with Gasteiger partial charge in [-0.05, 0) is 76.7 Å². The maximum atomic E-state index is 13.1. The highest BCUT2D eigenvalue weighted by Gasteiger charge is 2.32. The molecule has 1 aliphatic heterocycles. The fraction of sp³-hybridized carbons (Fsp3) is 0.381. The van der Waals surface area contributed by atoms with Crippen molar-refractivity contribution in [3.63, 3.8) is 0 Å². The molecule has 1 heterocycles. The average Bonchev–Trinajstić information content (AvgIpc) is 2.71. The molecule has 0 bridgehead atoms. The first-order valence-electron chi connectivity index (χ1n) is 9.70. The maximum absolute atomic E-state index is 13.1. The summed E-state index contributed by atoms with van der Waals surface area (Å²) < 4.78 is 20.1. The smallest absolute Gasteiger partial charge is 0.271 e. The first-order valence-corrected chi connectivity index (χ1v) is 11.9. The molecule has 0 spiro atoms. The van der Waals surface area contributed by atoms with Crippen molar-refractivity contribution >= 4 is 56.8 Å². The van der Waals surface area contributed by atoms with Gasteiger partial charge >= 0.3 is 0 Å². The zero-order valence-corrected chi connectivity index (χ0v) is 21.4. The molecular weight excluding hydrogens is 631 g/mol. The van der Waals surface area contributed by atoms with E-state index in [1.54, 1.807) is 12.1 Å². The monoisotopic (exact) mass is 653 g/mol. The number of carbonyl (C=O) groups is 1. The Kier molecular flexibility index (Phi) is 8.08. The minimum atomic E-state index is -0.451. The molecule has 0 aromatic heterocycles. The van der Waals surface area contributed by atoms with Gasteiger partial charge in [-0.2, -0.15) is 0 Å². The standard InChI is InChI=1S/C21H22FI2N3O4/c1-13-10-26(14(2)9-25(13)11-15-3-5-16(22)6-4-15)20(28)12-31-21-18(23)7-17(27(29)30)8-19(21)24/h3-8,13-14H,9-12H2,1-2H3. The number of carbonyl (C=O) groups excluding carboxylic acids is 1. The Morgan fingerprint density at radius 3 is 2.35 bits per heavy atom. The van der Waals surface area contributed by atoms with E-state index in [9.17, 15) is 19.3 Å². The summed E-state index contributed by atoms with van der Waals surface area (Å²) >= 11 is 3.96. The van der Waals surface area contributed by atoms with E-state index in [1.807, 2.05) is 57.0 Å². The summed E-state index contributed by atoms with van der Waals surface area (Å²) in [5.74, 6) is 0.111. The van der Waals surface area contributed by atoms with E-state index < -0.39 is 4.92 Å². The highest BCUT2D eigenvalue weighted by atomic mass is 127. The fourth-order valence-electron chi connectivity index (χ4n) is 3.60. The van der Waals surface area contributed by atoms with Crippen molar-refractivity contribution in [1.82, 2.24) is 9.80 Å². The van der Waals surface area contributed by atoms with Crippen molar-refractivity contribution in [1.29, 1.82) is 0 Å². The van der Waals surface area contributed by atoms with Crippen LogP contribution in [-0.4, -0.2) is 52.4 Å². The van der Waals surface area contributed by atoms with E-state index in [2.05, 4.69) is 11.8 Å². The Balaban J connectivity index is 1.60. The SMILES string of the molecule is CC1CN(C(=O)COc2c(I)cc([N+](=O)[O-])cc2I)C(C)CN1Cc1ccc(F)cc1. The predicted octanol–water partition coefficient (Wildman–Crippen LogP) is 4.44. The molecule has 2 aromatic carbocycles. The number of piperazine rings is 1. The molecule has 0 N–H and O–H groups in total. The van der Waals surface area contributed by atoms with Gasteiger partial charge in [0, 0.05) is 43.9 Å². The van der Waals surface area contributed by atoms with Gasteiger partial charge in [0.15, 0.2) is 6.61 Å². The van der Waals surface area contributed by atoms with Crippen molar-refractivity contribution in [2.45, 2.75) is 32.5 Å². The molecule has 31 heavy (non-hydrogen) atoms. The molecule has 2 aromatic rings. The highest BCUT2D eigenvalue weighted by molar-refractivity contribution is 14.1. The number of nitro benzene ring substituents is 1. The minimum absolute atomic E-state index is 0.00255. The van der Waals surface area contributed by atoms with Gasteiger partial charge in [0.1, 0.15) is 11.6 Å². The Bertz CT molecular complexity index is 951. The van der Waals surface area contributed by atoms with Crippen LogP contribution in [0, 0.1) is 23.1 Å². The minimum Gasteiger partial charge on any atom is -0.482 e. The van der Waals surface area contributed by atoms with Gasteiger partial charge in [-0.3, -0.25) is 19.8 Å². The lowest BCUT2D eigenvalue weighted by Gasteiger charge is -2.44. The number of non-ortho nitro benzene ring substituents is 1. The van der Waals surface area contributed by atoms with Crippen LogP contribution in [0.4, 0.5) is 10.1 Å². The molecule has 1 fully saturated rings. The summed E-state index contributed by atoms with van der Waals surface area (Å²) in [6, 6.07) is 9.50. The predicted molar refractivity (Wildman–Crippen MR) is 131 cm³/mol. The fourth-order valence-corrected chi connectivity index (χ4v) is 5.64. The summed E-state index contributed by atoms with van der Waals surface area (Å²) in [6.45, 7) is 5.91. The average molecular weight is 653 g/mol. The summed E-state index contributed by atoms with van der Waals surface area (Å²) in [6.07, 6.45) is 0. The van der Waals surface area contributed by atoms with Crippen LogP contribution >= 0.6 is 45.2 Å². The third kappa shape index (κ3) is 6.04. The van der Waals surface area contributed by atoms with E-state index >= 15 is 0 Å². The third-order valence-corrected chi connectivity index (χ3v) is 6.87. The van der Waals surface area contributed by atoms with Gasteiger partial charge in [-0.15, -0.1) is 0 Å². The number of hydrogen-bond acceptors (Lipinski definition) is 5. The second kappa shape index (κ2) is 10.4. The molecule has 1 amide bonds. The van der Waals surface area contributed by atoms with Crippen LogP contribution in [0.1, 0.15) is 19.4 Å². The number of nitro groups is 1. The van der Waals surface area contributed by atoms with E-state index in [0.29, 0.717) is 32.5 Å². The van der Waals surface area contributed by atoms with Crippen LogP contribution < -0.4 is 4.74 Å². The topological polar surface area (TPSA) is 75.9 Å². The summed E-state index contributed by atoms with van der Waals surface area (Å²) in [7, 11) is 0. The van der Waals surface area contributed by atoms with Crippen molar-refractivity contribution in [3.8, 4) is 5.75 Å². The summed E-state index contributed by atoms with van der Waals surface area (Å²) in [4.78, 5) is 27.5. The Hall–Kier alpha value is -1.54. The molecule has 0 aliphatic carbocycles. The zero-order chi connectivity index (χ0) is 22.7. The number of ether oxygens (including phenoxy) is 1. The van der Waals surface area contributed by atoms with E-state index in [4.69, 9.17) is 4.74 Å². The number of benzene rings is 2. The van der Waals surface area contributed by atoms with Crippen molar-refractivity contribution in [2.24, 2.45) is 0 Å². The van der Waals surface area contributed by atoms with Gasteiger partial charge in [-0.1, -0.05) is 12.1 Å². The quantitative estimate of drug-likeness (QED) is 0.262. The van der Waals surface area contributed by atoms with Gasteiger partial charge in [0.05, 0.1) is 12.1 Å². The number of nitrogens with zero attached hydrogens (tertiary/aromatic N) is 3. The Morgan fingerprint density at radius 2 is 1.77 bits per heavy atom. The van der Waals surface area contributed by atoms with Crippen LogP contribution in [0.3, 0.4) is 0 Å². The van der Waals surface area contributed by atoms with Crippen LogP contribution in [0.25, 0.3) is 0 Å². The van der Waals surface area contributed by atoms with E-state index in [0.717, 1.165) is 5.56 Å². The molecular formula is C21H22FI2N3O4. The Labute approximate surface area is 207 Å². The van der Waals surface area contributed by atoms with Crippen LogP contribution in [-0.2, 0) is 11.3 Å². The summed E-state index contributed by atoms with van der Waals surface area (Å²) in [5.41, 5.74) is 1.03. The second-order valence-electron chi connectivity index (χ2n) is 7.58. The van der Waals surface area contributed by atoms with Crippen molar-refractivity contribution in [3.05, 3.63) is 65.0 Å². The molecule has 7 nitrogen and oxygen atoms in total. The molecule has 3 rings (SSSR count). The highest BCUT2D eigenvalue weighted by Crippen LogP contribution is 2.32. The largest absolute Gasteiger partial charge is 0.482 e. The van der Waals surface area contributed by atoms with Gasteiger partial charge in [-0.25, -0.2) is 4.39 Å². The van der Waals surface area contributed by atoms with Crippen molar-refractivity contribution < 1.29 is 18.8 Å². The number of amides is 1. The second-order valence-corrected chi connectivity index (χ2v) is 9.91. The lowest BCUT2D eigenvalue weighted by Crippen LogP contribution is -2.58. The third-order valence-electron chi connectivity index (χ3n) is 5.27. The molecule has 1 aliphatic rings.